The van der Waals surface area contributed by atoms with Gasteiger partial charge in [0.15, 0.2) is 0 Å². The summed E-state index contributed by atoms with van der Waals surface area (Å²) in [6.45, 7) is 4.67. The summed E-state index contributed by atoms with van der Waals surface area (Å²) in [6, 6.07) is 0. The lowest BCUT2D eigenvalue weighted by molar-refractivity contribution is 0.431. The molecule has 0 saturated carbocycles. The molecule has 74 valence electrons. The summed E-state index contributed by atoms with van der Waals surface area (Å²) in [5.41, 5.74) is 6.38. The molecule has 3 nitrogen and oxygen atoms in total. The van der Waals surface area contributed by atoms with E-state index in [1.54, 1.807) is 11.8 Å². The average molecular weight is 200 g/mol. The molecule has 0 aromatic carbocycles. The first kappa shape index (κ1) is 10.6. The van der Waals surface area contributed by atoms with Crippen molar-refractivity contribution in [3.63, 3.8) is 0 Å². The molecule has 0 spiro atoms. The van der Waals surface area contributed by atoms with Gasteiger partial charge in [-0.1, -0.05) is 11.8 Å². The van der Waals surface area contributed by atoms with Gasteiger partial charge in [0.05, 0.1) is 5.69 Å². The van der Waals surface area contributed by atoms with E-state index in [1.165, 1.54) is 0 Å². The smallest absolute Gasteiger partial charge is 0.256 e. The fraction of sp³-hybridized carbons (Fsp3) is 0.667. The van der Waals surface area contributed by atoms with Crippen molar-refractivity contribution in [1.29, 1.82) is 0 Å². The largest absolute Gasteiger partial charge is 0.437 e. The number of aromatic nitrogens is 1. The van der Waals surface area contributed by atoms with Crippen LogP contribution in [0.3, 0.4) is 0 Å². The summed E-state index contributed by atoms with van der Waals surface area (Å²) < 4.78 is 5.42. The molecule has 0 aliphatic rings. The van der Waals surface area contributed by atoms with Gasteiger partial charge in [0.2, 0.25) is 0 Å². The van der Waals surface area contributed by atoms with Gasteiger partial charge in [-0.2, -0.15) is 0 Å². The predicted octanol–water partition coefficient (Wildman–Crippen LogP) is 2.12. The molecular formula is C9H16N2OS. The van der Waals surface area contributed by atoms with E-state index in [0.29, 0.717) is 0 Å². The van der Waals surface area contributed by atoms with E-state index in [-0.39, 0.29) is 0 Å². The zero-order chi connectivity index (χ0) is 9.68. The van der Waals surface area contributed by atoms with Crippen molar-refractivity contribution >= 4 is 11.8 Å². The van der Waals surface area contributed by atoms with Crippen LogP contribution in [0.4, 0.5) is 0 Å². The van der Waals surface area contributed by atoms with Crippen molar-refractivity contribution in [3.05, 3.63) is 11.5 Å². The van der Waals surface area contributed by atoms with Crippen LogP contribution in [-0.4, -0.2) is 17.3 Å². The molecule has 1 rings (SSSR count). The number of oxazole rings is 1. The van der Waals surface area contributed by atoms with E-state index < -0.39 is 0 Å². The van der Waals surface area contributed by atoms with Crippen LogP contribution >= 0.6 is 11.8 Å². The Labute approximate surface area is 83.1 Å². The number of hydrogen-bond acceptors (Lipinski definition) is 4. The van der Waals surface area contributed by atoms with E-state index in [2.05, 4.69) is 4.98 Å². The van der Waals surface area contributed by atoms with Gasteiger partial charge < -0.3 is 10.2 Å². The molecule has 0 bridgehead atoms. The lowest BCUT2D eigenvalue weighted by Gasteiger charge is -1.94. The fourth-order valence-electron chi connectivity index (χ4n) is 0.911. The Hall–Kier alpha value is -0.480. The van der Waals surface area contributed by atoms with E-state index >= 15 is 0 Å². The lowest BCUT2D eigenvalue weighted by atomic mass is 10.3. The van der Waals surface area contributed by atoms with E-state index in [1.807, 2.05) is 13.8 Å². The zero-order valence-corrected chi connectivity index (χ0v) is 8.99. The molecule has 0 aliphatic heterocycles. The van der Waals surface area contributed by atoms with Crippen LogP contribution in [0.1, 0.15) is 24.3 Å². The molecular weight excluding hydrogens is 184 g/mol. The van der Waals surface area contributed by atoms with Gasteiger partial charge in [0.1, 0.15) is 5.76 Å². The van der Waals surface area contributed by atoms with Gasteiger partial charge in [-0.05, 0) is 33.2 Å². The van der Waals surface area contributed by atoms with E-state index in [0.717, 1.165) is 41.8 Å². The number of hydrogen-bond donors (Lipinski definition) is 1. The van der Waals surface area contributed by atoms with Gasteiger partial charge in [0, 0.05) is 5.75 Å². The topological polar surface area (TPSA) is 52.0 Å². The van der Waals surface area contributed by atoms with E-state index in [9.17, 15) is 0 Å². The monoisotopic (exact) mass is 200 g/mol. The van der Waals surface area contributed by atoms with Gasteiger partial charge in [-0.15, -0.1) is 0 Å². The minimum Gasteiger partial charge on any atom is -0.437 e. The van der Waals surface area contributed by atoms with Crippen LogP contribution in [0.2, 0.25) is 0 Å². The third-order valence-corrected chi connectivity index (χ3v) is 2.75. The molecule has 0 atom stereocenters. The van der Waals surface area contributed by atoms with Crippen molar-refractivity contribution in [1.82, 2.24) is 4.98 Å². The molecule has 0 fully saturated rings. The maximum Gasteiger partial charge on any atom is 0.256 e. The Morgan fingerprint density at radius 2 is 2.15 bits per heavy atom. The van der Waals surface area contributed by atoms with Crippen LogP contribution in [-0.2, 0) is 0 Å². The van der Waals surface area contributed by atoms with Crippen LogP contribution in [0.5, 0.6) is 0 Å². The summed E-state index contributed by atoms with van der Waals surface area (Å²) in [5, 5.41) is 0.784. The summed E-state index contributed by atoms with van der Waals surface area (Å²) in [7, 11) is 0. The van der Waals surface area contributed by atoms with Gasteiger partial charge in [-0.25, -0.2) is 4.98 Å². The highest BCUT2D eigenvalue weighted by Crippen LogP contribution is 2.20. The van der Waals surface area contributed by atoms with E-state index in [4.69, 9.17) is 10.2 Å². The second kappa shape index (κ2) is 5.29. The normalized spacial score (nSPS) is 10.7. The Morgan fingerprint density at radius 1 is 1.38 bits per heavy atom. The summed E-state index contributed by atoms with van der Waals surface area (Å²) >= 11 is 1.66. The van der Waals surface area contributed by atoms with Crippen molar-refractivity contribution in [2.45, 2.75) is 31.9 Å². The van der Waals surface area contributed by atoms with Crippen molar-refractivity contribution in [2.75, 3.05) is 12.3 Å². The fourth-order valence-corrected chi connectivity index (χ4v) is 1.82. The third kappa shape index (κ3) is 3.40. The molecule has 2 N–H and O–H groups in total. The second-order valence-electron chi connectivity index (χ2n) is 2.97. The Kier molecular flexibility index (Phi) is 4.32. The molecule has 0 aliphatic carbocycles. The maximum absolute atomic E-state index is 5.42. The van der Waals surface area contributed by atoms with Crippen molar-refractivity contribution < 1.29 is 4.42 Å². The zero-order valence-electron chi connectivity index (χ0n) is 8.17. The van der Waals surface area contributed by atoms with Crippen molar-refractivity contribution in [2.24, 2.45) is 5.73 Å². The molecule has 0 amide bonds. The number of thioether (sulfide) groups is 1. The Morgan fingerprint density at radius 3 is 2.69 bits per heavy atom. The van der Waals surface area contributed by atoms with Gasteiger partial charge >= 0.3 is 0 Å². The van der Waals surface area contributed by atoms with Crippen LogP contribution < -0.4 is 5.73 Å². The summed E-state index contributed by atoms with van der Waals surface area (Å²) in [4.78, 5) is 4.27. The number of nitrogens with two attached hydrogens (primary N) is 1. The minimum absolute atomic E-state index is 0.768. The third-order valence-electron chi connectivity index (χ3n) is 1.83. The Bertz CT molecular complexity index is 241. The molecule has 0 unspecified atom stereocenters. The van der Waals surface area contributed by atoms with Gasteiger partial charge in [0.25, 0.3) is 5.22 Å². The van der Waals surface area contributed by atoms with Crippen LogP contribution in [0, 0.1) is 13.8 Å². The second-order valence-corrected chi connectivity index (χ2v) is 4.01. The Balaban J connectivity index is 2.29. The predicted molar refractivity (Wildman–Crippen MR) is 55.0 cm³/mol. The highest BCUT2D eigenvalue weighted by molar-refractivity contribution is 7.99. The molecule has 1 heterocycles. The number of nitrogens with zero attached hydrogens (tertiary/aromatic N) is 1. The highest BCUT2D eigenvalue weighted by Gasteiger charge is 2.04. The minimum atomic E-state index is 0.768. The van der Waals surface area contributed by atoms with Crippen LogP contribution in [0.25, 0.3) is 0 Å². The van der Waals surface area contributed by atoms with Crippen LogP contribution in [0.15, 0.2) is 9.64 Å². The standard InChI is InChI=1S/C9H16N2OS/c1-7-8(2)12-9(11-7)13-6-4-3-5-10/h3-6,10H2,1-2H3. The molecule has 13 heavy (non-hydrogen) atoms. The first-order valence-electron chi connectivity index (χ1n) is 4.51. The average Bonchev–Trinajstić information content (AvgIpc) is 2.41. The molecule has 0 saturated heterocycles. The summed E-state index contributed by atoms with van der Waals surface area (Å²) in [5.74, 6) is 1.96. The quantitative estimate of drug-likeness (QED) is 0.584. The first-order chi connectivity index (χ1) is 6.24. The molecule has 1 aromatic rings. The maximum atomic E-state index is 5.42. The number of rotatable bonds is 5. The SMILES string of the molecule is Cc1nc(SCCCCN)oc1C. The number of unbranched alkanes of at least 4 members (excludes halogenated alkanes) is 1. The first-order valence-corrected chi connectivity index (χ1v) is 5.49. The molecule has 0 radical (unpaired) electrons. The molecule has 1 aromatic heterocycles. The van der Waals surface area contributed by atoms with Gasteiger partial charge in [-0.3, -0.25) is 0 Å². The highest BCUT2D eigenvalue weighted by atomic mass is 32.2. The lowest BCUT2D eigenvalue weighted by Crippen LogP contribution is -1.98. The molecule has 4 heteroatoms. The summed E-state index contributed by atoms with van der Waals surface area (Å²) in [6.07, 6.45) is 2.20. The van der Waals surface area contributed by atoms with Crippen molar-refractivity contribution in [3.8, 4) is 0 Å². The number of aryl methyl sites for hydroxylation is 2.